The molecule has 3 heteroatoms. The van der Waals surface area contributed by atoms with E-state index in [2.05, 4.69) is 18.7 Å². The minimum absolute atomic E-state index is 0.174. The highest BCUT2D eigenvalue weighted by atomic mass is 16.5. The minimum Gasteiger partial charge on any atom is -0.375 e. The Balaban J connectivity index is 1.69. The lowest BCUT2D eigenvalue weighted by Gasteiger charge is -2.53. The van der Waals surface area contributed by atoms with Gasteiger partial charge in [0.05, 0.1) is 5.60 Å². The Hall–Kier alpha value is -0.120. The van der Waals surface area contributed by atoms with Crippen molar-refractivity contribution in [2.45, 2.75) is 88.8 Å². The fraction of sp³-hybridized carbons (Fsp3) is 1.00. The Morgan fingerprint density at radius 3 is 2.52 bits per heavy atom. The maximum Gasteiger partial charge on any atom is 0.0685 e. The topological polar surface area (TPSA) is 38.5 Å². The Bertz CT molecular complexity index is 349. The first-order valence-electron chi connectivity index (χ1n) is 9.24. The van der Waals surface area contributed by atoms with Crippen LogP contribution in [0.15, 0.2) is 0 Å². The molecular weight excluding hydrogens is 260 g/mol. The highest BCUT2D eigenvalue weighted by Gasteiger charge is 2.48. The van der Waals surface area contributed by atoms with E-state index in [4.69, 9.17) is 10.5 Å². The van der Waals surface area contributed by atoms with Crippen LogP contribution < -0.4 is 5.73 Å². The van der Waals surface area contributed by atoms with Gasteiger partial charge in [0.1, 0.15) is 0 Å². The molecule has 2 N–H and O–H groups in total. The number of rotatable bonds is 4. The van der Waals surface area contributed by atoms with Crippen molar-refractivity contribution in [3.8, 4) is 0 Å². The molecule has 0 aromatic rings. The number of likely N-dealkylation sites (tertiary alicyclic amines) is 1. The Morgan fingerprint density at radius 1 is 1.24 bits per heavy atom. The van der Waals surface area contributed by atoms with Crippen LogP contribution in [0.3, 0.4) is 0 Å². The van der Waals surface area contributed by atoms with Crippen molar-refractivity contribution in [2.24, 2.45) is 11.7 Å². The molecule has 3 rings (SSSR count). The number of hydrogen-bond acceptors (Lipinski definition) is 3. The number of piperidine rings is 1. The Kier molecular flexibility index (Phi) is 4.63. The number of hydrogen-bond donors (Lipinski definition) is 1. The van der Waals surface area contributed by atoms with Gasteiger partial charge in [-0.15, -0.1) is 0 Å². The van der Waals surface area contributed by atoms with E-state index in [1.807, 2.05) is 0 Å². The van der Waals surface area contributed by atoms with Gasteiger partial charge in [-0.25, -0.2) is 0 Å². The molecule has 0 radical (unpaired) electrons. The monoisotopic (exact) mass is 294 g/mol. The zero-order chi connectivity index (χ0) is 14.9. The van der Waals surface area contributed by atoms with E-state index in [9.17, 15) is 0 Å². The van der Waals surface area contributed by atoms with E-state index in [1.54, 1.807) is 0 Å². The third-order valence-corrected chi connectivity index (χ3v) is 6.82. The first kappa shape index (κ1) is 15.8. The first-order chi connectivity index (χ1) is 10.1. The molecule has 3 atom stereocenters. The smallest absolute Gasteiger partial charge is 0.0685 e. The number of nitrogens with two attached hydrogens (primary N) is 1. The lowest BCUT2D eigenvalue weighted by Crippen LogP contribution is -2.63. The van der Waals surface area contributed by atoms with Gasteiger partial charge in [-0.05, 0) is 77.3 Å². The summed E-state index contributed by atoms with van der Waals surface area (Å²) in [6.07, 6.45) is 11.5. The second-order valence-electron chi connectivity index (χ2n) is 7.92. The van der Waals surface area contributed by atoms with Crippen LogP contribution in [0.2, 0.25) is 0 Å². The van der Waals surface area contributed by atoms with Crippen LogP contribution in [0.5, 0.6) is 0 Å². The first-order valence-corrected chi connectivity index (χ1v) is 9.24. The van der Waals surface area contributed by atoms with Gasteiger partial charge in [0.25, 0.3) is 0 Å². The van der Waals surface area contributed by atoms with Gasteiger partial charge in [-0.2, -0.15) is 0 Å². The van der Waals surface area contributed by atoms with E-state index < -0.39 is 0 Å². The van der Waals surface area contributed by atoms with Crippen LogP contribution in [0.4, 0.5) is 0 Å². The van der Waals surface area contributed by atoms with Crippen LogP contribution in [0.1, 0.15) is 71.6 Å². The van der Waals surface area contributed by atoms with Crippen molar-refractivity contribution in [1.82, 2.24) is 4.90 Å². The molecule has 0 aromatic carbocycles. The molecule has 0 bridgehead atoms. The van der Waals surface area contributed by atoms with Crippen LogP contribution in [-0.4, -0.2) is 41.8 Å². The molecule has 2 aliphatic heterocycles. The molecule has 0 aromatic heterocycles. The highest BCUT2D eigenvalue weighted by Crippen LogP contribution is 2.46. The Labute approximate surface area is 130 Å². The molecule has 122 valence electrons. The summed E-state index contributed by atoms with van der Waals surface area (Å²) in [5.41, 5.74) is 7.26. The summed E-state index contributed by atoms with van der Waals surface area (Å²) in [5, 5.41) is 0. The van der Waals surface area contributed by atoms with E-state index >= 15 is 0 Å². The van der Waals surface area contributed by atoms with Gasteiger partial charge in [0.15, 0.2) is 0 Å². The maximum atomic E-state index is 6.87. The van der Waals surface area contributed by atoms with Crippen LogP contribution in [0, 0.1) is 5.92 Å². The summed E-state index contributed by atoms with van der Waals surface area (Å²) < 4.78 is 6.10. The van der Waals surface area contributed by atoms with E-state index in [1.165, 1.54) is 64.5 Å². The fourth-order valence-corrected chi connectivity index (χ4v) is 4.87. The normalized spacial score (nSPS) is 34.1. The van der Waals surface area contributed by atoms with E-state index in [0.717, 1.165) is 13.0 Å². The molecule has 3 aliphatic rings. The molecule has 3 fully saturated rings. The lowest BCUT2D eigenvalue weighted by molar-refractivity contribution is -0.151. The van der Waals surface area contributed by atoms with Gasteiger partial charge < -0.3 is 10.5 Å². The zero-order valence-corrected chi connectivity index (χ0v) is 14.1. The van der Waals surface area contributed by atoms with Crippen LogP contribution in [0.25, 0.3) is 0 Å². The van der Waals surface area contributed by atoms with Crippen LogP contribution >= 0.6 is 0 Å². The summed E-state index contributed by atoms with van der Waals surface area (Å²) in [4.78, 5) is 2.70. The summed E-state index contributed by atoms with van der Waals surface area (Å²) in [7, 11) is 0. The predicted molar refractivity (Wildman–Crippen MR) is 87.4 cm³/mol. The average molecular weight is 294 g/mol. The van der Waals surface area contributed by atoms with Gasteiger partial charge in [-0.1, -0.05) is 13.3 Å². The second-order valence-corrected chi connectivity index (χ2v) is 7.92. The predicted octanol–water partition coefficient (Wildman–Crippen LogP) is 3.32. The highest BCUT2D eigenvalue weighted by molar-refractivity contribution is 5.03. The molecule has 1 aliphatic carbocycles. The zero-order valence-electron chi connectivity index (χ0n) is 14.1. The molecule has 3 unspecified atom stereocenters. The second kappa shape index (κ2) is 6.17. The van der Waals surface area contributed by atoms with Gasteiger partial charge in [0.2, 0.25) is 0 Å². The molecule has 21 heavy (non-hydrogen) atoms. The van der Waals surface area contributed by atoms with Gasteiger partial charge in [0, 0.05) is 18.2 Å². The van der Waals surface area contributed by atoms with Crippen molar-refractivity contribution < 1.29 is 4.74 Å². The number of nitrogens with zero attached hydrogens (tertiary/aromatic N) is 1. The Morgan fingerprint density at radius 2 is 1.95 bits per heavy atom. The SMILES string of the molecule is CCC(C)(C(N)C1CCOC2(CCC2)C1)N1CCCCC1. The molecule has 1 spiro atoms. The molecule has 2 saturated heterocycles. The van der Waals surface area contributed by atoms with Gasteiger partial charge >= 0.3 is 0 Å². The third kappa shape index (κ3) is 2.89. The summed E-state index contributed by atoms with van der Waals surface area (Å²) >= 11 is 0. The molecular formula is C18H34N2O. The van der Waals surface area contributed by atoms with Crippen molar-refractivity contribution >= 4 is 0 Å². The third-order valence-electron chi connectivity index (χ3n) is 6.82. The molecule has 2 heterocycles. The fourth-order valence-electron chi connectivity index (χ4n) is 4.87. The molecule has 3 nitrogen and oxygen atoms in total. The maximum absolute atomic E-state index is 6.87. The largest absolute Gasteiger partial charge is 0.375 e. The summed E-state index contributed by atoms with van der Waals surface area (Å²) in [5.74, 6) is 0.644. The minimum atomic E-state index is 0.174. The summed E-state index contributed by atoms with van der Waals surface area (Å²) in [6, 6.07) is 0.293. The van der Waals surface area contributed by atoms with E-state index in [0.29, 0.717) is 12.0 Å². The van der Waals surface area contributed by atoms with Crippen molar-refractivity contribution in [3.63, 3.8) is 0 Å². The average Bonchev–Trinajstić information content (AvgIpc) is 2.53. The molecule has 0 amide bonds. The van der Waals surface area contributed by atoms with E-state index in [-0.39, 0.29) is 11.1 Å². The molecule has 1 saturated carbocycles. The quantitative estimate of drug-likeness (QED) is 0.864. The van der Waals surface area contributed by atoms with Crippen LogP contribution in [-0.2, 0) is 4.74 Å². The standard InChI is InChI=1S/C18H34N2O/c1-3-17(2,20-11-5-4-6-12-20)16(19)15-8-13-21-18(14-15)9-7-10-18/h15-16H,3-14,19H2,1-2H3. The summed E-state index contributed by atoms with van der Waals surface area (Å²) in [6.45, 7) is 8.16. The van der Waals surface area contributed by atoms with Gasteiger partial charge in [-0.3, -0.25) is 4.90 Å². The van der Waals surface area contributed by atoms with Crippen molar-refractivity contribution in [2.75, 3.05) is 19.7 Å². The van der Waals surface area contributed by atoms with Crippen molar-refractivity contribution in [3.05, 3.63) is 0 Å². The number of ether oxygens (including phenoxy) is 1. The lowest BCUT2D eigenvalue weighted by atomic mass is 9.67. The van der Waals surface area contributed by atoms with Crippen molar-refractivity contribution in [1.29, 1.82) is 0 Å².